The zero-order valence-corrected chi connectivity index (χ0v) is 35.0. The molecule has 20 heteroatoms. The van der Waals surface area contributed by atoms with Crippen molar-refractivity contribution in [2.75, 3.05) is 60.7 Å². The Morgan fingerprint density at radius 3 is 2.30 bits per heavy atom. The van der Waals surface area contributed by atoms with Gasteiger partial charge in [-0.15, -0.1) is 11.3 Å². The van der Waals surface area contributed by atoms with Gasteiger partial charge in [-0.25, -0.2) is 8.78 Å². The van der Waals surface area contributed by atoms with Crippen LogP contribution in [0.4, 0.5) is 8.78 Å². The number of carboxylic acids is 1. The molecule has 0 radical (unpaired) electrons. The van der Waals surface area contributed by atoms with Crippen LogP contribution >= 0.6 is 11.3 Å². The molecule has 3 aromatic rings. The van der Waals surface area contributed by atoms with Crippen molar-refractivity contribution in [3.63, 3.8) is 0 Å². The van der Waals surface area contributed by atoms with E-state index < -0.39 is 72.0 Å². The quantitative estimate of drug-likeness (QED) is 0.0601. The monoisotopic (exact) mass is 876 g/mol. The number of carbonyl (C=O) groups excluding carboxylic acids is 6. The minimum atomic E-state index is -1.18. The van der Waals surface area contributed by atoms with E-state index in [0.29, 0.717) is 23.4 Å². The van der Waals surface area contributed by atoms with Crippen molar-refractivity contribution in [3.05, 3.63) is 45.8 Å². The molecule has 2 aliphatic heterocycles. The van der Waals surface area contributed by atoms with Crippen LogP contribution in [0.3, 0.4) is 0 Å². The number of nitrogens with one attached hydrogen (secondary N) is 1. The van der Waals surface area contributed by atoms with Gasteiger partial charge >= 0.3 is 11.9 Å². The van der Waals surface area contributed by atoms with Crippen LogP contribution in [0.1, 0.15) is 74.0 Å². The summed E-state index contributed by atoms with van der Waals surface area (Å²) in [6, 6.07) is 4.48. The molecule has 1 unspecified atom stereocenters. The minimum Gasteiger partial charge on any atom is -0.493 e. The lowest BCUT2D eigenvalue weighted by atomic mass is 10.1. The Morgan fingerprint density at radius 1 is 0.951 bits per heavy atom. The van der Waals surface area contributed by atoms with Crippen LogP contribution < -0.4 is 24.3 Å². The minimum absolute atomic E-state index is 0.0496. The number of imide groups is 1. The van der Waals surface area contributed by atoms with E-state index in [1.54, 1.807) is 24.9 Å². The van der Waals surface area contributed by atoms with Crippen LogP contribution in [0, 0.1) is 11.6 Å². The highest BCUT2D eigenvalue weighted by Gasteiger charge is 2.32. The number of halogens is 2. The van der Waals surface area contributed by atoms with E-state index in [1.165, 1.54) is 31.3 Å². The van der Waals surface area contributed by atoms with Crippen LogP contribution in [0.15, 0.2) is 18.2 Å². The highest BCUT2D eigenvalue weighted by atomic mass is 32.1. The van der Waals surface area contributed by atoms with E-state index in [2.05, 4.69) is 5.32 Å². The predicted octanol–water partition coefficient (Wildman–Crippen LogP) is 3.84. The van der Waals surface area contributed by atoms with Crippen molar-refractivity contribution in [2.24, 2.45) is 0 Å². The van der Waals surface area contributed by atoms with Gasteiger partial charge in [0.05, 0.1) is 45.2 Å². The maximum Gasteiger partial charge on any atom is 0.306 e. The lowest BCUT2D eigenvalue weighted by Crippen LogP contribution is -2.42. The van der Waals surface area contributed by atoms with E-state index in [9.17, 15) is 33.6 Å². The lowest BCUT2D eigenvalue weighted by Gasteiger charge is -2.22. The Bertz CT molecular complexity index is 2220. The van der Waals surface area contributed by atoms with Crippen LogP contribution in [0.25, 0.3) is 10.1 Å². The number of methoxy groups -OCH3 is 2. The van der Waals surface area contributed by atoms with Gasteiger partial charge in [0.1, 0.15) is 12.6 Å². The number of thiophene rings is 1. The number of hydrogen-bond acceptors (Lipinski definition) is 14. The standard InChI is InChI=1S/C41H48F2N4O13S/c1-23(19-45(2)13-12-44-32(49)22-47-34(51)7-8-35(47)52)60-37(55)11-6-27(48)31-17-25-30(61-31)18-29(57-4)41(38(25)42)59-15-5-14-58-40-28(56-3)16-24-20-46(21-26(24)39(40)43)33(50)9-10-36(53)54/h16-18,23H,5-15,19-22H2,1-4H3,(H,44,49)(H,53,54)/t23-/m0/s1/i7T/t7?,23-. The van der Waals surface area contributed by atoms with Crippen molar-refractivity contribution in [3.8, 4) is 23.0 Å². The second-order valence-electron chi connectivity index (χ2n) is 14.4. The van der Waals surface area contributed by atoms with Crippen molar-refractivity contribution in [1.82, 2.24) is 20.0 Å². The van der Waals surface area contributed by atoms with Crippen LogP contribution in [-0.2, 0) is 46.6 Å². The molecule has 2 atom stereocenters. The van der Waals surface area contributed by atoms with Crippen molar-refractivity contribution in [1.29, 1.82) is 0 Å². The summed E-state index contributed by atoms with van der Waals surface area (Å²) in [5.74, 6) is -5.98. The summed E-state index contributed by atoms with van der Waals surface area (Å²) in [5.41, 5.74) is 0.756. The molecule has 5 rings (SSSR count). The van der Waals surface area contributed by atoms with Gasteiger partial charge in [-0.2, -0.15) is 0 Å². The summed E-state index contributed by atoms with van der Waals surface area (Å²) in [5, 5.41) is 11.6. The first-order chi connectivity index (χ1) is 29.5. The third-order valence-electron chi connectivity index (χ3n) is 9.77. The van der Waals surface area contributed by atoms with E-state index >= 15 is 8.78 Å². The number of likely N-dealkylation sites (tertiary alicyclic amines) is 1. The number of ether oxygens (including phenoxy) is 5. The average Bonchev–Trinajstić information content (AvgIpc) is 3.92. The normalized spacial score (nSPS) is 15.5. The van der Waals surface area contributed by atoms with Gasteiger partial charge in [0.25, 0.3) is 0 Å². The molecule has 3 heterocycles. The fourth-order valence-corrected chi connectivity index (χ4v) is 7.74. The zero-order valence-electron chi connectivity index (χ0n) is 35.1. The number of aliphatic carboxylic acids is 1. The number of fused-ring (bicyclic) bond motifs is 2. The number of rotatable bonds is 23. The van der Waals surface area contributed by atoms with Gasteiger partial charge in [-0.3, -0.25) is 38.5 Å². The summed E-state index contributed by atoms with van der Waals surface area (Å²) in [6.45, 7) is 2.01. The van der Waals surface area contributed by atoms with Gasteiger partial charge in [0, 0.05) is 87.9 Å². The van der Waals surface area contributed by atoms with Crippen molar-refractivity contribution < 1.29 is 72.5 Å². The Labute approximate surface area is 355 Å². The fraction of sp³-hybridized carbons (Fsp3) is 0.488. The van der Waals surface area contributed by atoms with E-state index in [4.69, 9.17) is 30.2 Å². The Kier molecular flexibility index (Phi) is 15.4. The molecule has 0 saturated carbocycles. The molecule has 330 valence electrons. The molecule has 61 heavy (non-hydrogen) atoms. The number of benzene rings is 2. The molecule has 1 saturated heterocycles. The summed E-state index contributed by atoms with van der Waals surface area (Å²) < 4.78 is 67.0. The highest BCUT2D eigenvalue weighted by molar-refractivity contribution is 7.20. The molecule has 0 aliphatic carbocycles. The topological polar surface area (TPSA) is 208 Å². The van der Waals surface area contributed by atoms with Gasteiger partial charge < -0.3 is 43.9 Å². The molecule has 4 amide bonds. The average molecular weight is 877 g/mol. The molecule has 2 N–H and O–H groups in total. The molecular weight excluding hydrogens is 827 g/mol. The SMILES string of the molecule is [3H]C1CC(=O)N(CC(=O)NCCN(C)C[C@H](C)OC(=O)CCC(=O)c2cc3c(F)c(OCCCOc4c(OC)cc5c(c4F)CN(C(=O)CCC(=O)O)C5)c(OC)cc3s2)C1=O. The highest BCUT2D eigenvalue weighted by Crippen LogP contribution is 2.41. The van der Waals surface area contributed by atoms with E-state index in [1.807, 2.05) is 0 Å². The number of carbonyl (C=O) groups is 7. The molecule has 0 bridgehead atoms. The molecule has 2 aromatic carbocycles. The van der Waals surface area contributed by atoms with Crippen LogP contribution in [-0.4, -0.2) is 128 Å². The maximum atomic E-state index is 15.8. The van der Waals surface area contributed by atoms with Gasteiger partial charge in [-0.05, 0) is 31.7 Å². The number of carboxylic acid groups (broad SMARTS) is 1. The van der Waals surface area contributed by atoms with Crippen LogP contribution in [0.2, 0.25) is 0 Å². The smallest absolute Gasteiger partial charge is 0.306 e. The van der Waals surface area contributed by atoms with Crippen molar-refractivity contribution >= 4 is 62.8 Å². The first kappa shape index (κ1) is 44.7. The molecule has 1 aromatic heterocycles. The van der Waals surface area contributed by atoms with Gasteiger partial charge in [-0.1, -0.05) is 0 Å². The third kappa shape index (κ3) is 11.9. The maximum absolute atomic E-state index is 15.8. The molecule has 0 spiro atoms. The number of esters is 1. The van der Waals surface area contributed by atoms with Gasteiger partial charge in [0.15, 0.2) is 40.4 Å². The molecule has 17 nitrogen and oxygen atoms in total. The lowest BCUT2D eigenvalue weighted by molar-refractivity contribution is -0.149. The molecule has 2 aliphatic rings. The number of nitrogens with zero attached hydrogens (tertiary/aromatic N) is 3. The summed E-state index contributed by atoms with van der Waals surface area (Å²) in [6.07, 6.45) is -2.76. The first-order valence-electron chi connectivity index (χ1n) is 20.0. The largest absolute Gasteiger partial charge is 0.493 e. The predicted molar refractivity (Wildman–Crippen MR) is 214 cm³/mol. The number of Topliss-reactive ketones (excluding diaryl/α,β-unsaturated/α-hetero) is 1. The molecule has 1 fully saturated rings. The summed E-state index contributed by atoms with van der Waals surface area (Å²) in [7, 11) is 4.42. The van der Waals surface area contributed by atoms with Crippen LogP contribution in [0.5, 0.6) is 23.0 Å². The summed E-state index contributed by atoms with van der Waals surface area (Å²) >= 11 is 1.03. The number of hydrogen-bond donors (Lipinski definition) is 2. The fourth-order valence-electron chi connectivity index (χ4n) is 6.69. The zero-order chi connectivity index (χ0) is 45.2. The van der Waals surface area contributed by atoms with E-state index in [-0.39, 0.29) is 110 Å². The second-order valence-corrected chi connectivity index (χ2v) is 15.4. The number of likely N-dealkylation sites (N-methyl/N-ethyl adjacent to an activating group) is 1. The van der Waals surface area contributed by atoms with Crippen molar-refractivity contribution in [2.45, 2.75) is 71.0 Å². The summed E-state index contributed by atoms with van der Waals surface area (Å²) in [4.78, 5) is 89.0. The van der Waals surface area contributed by atoms with E-state index in [0.717, 1.165) is 16.2 Å². The Hall–Kier alpha value is -5.89. The van der Waals surface area contributed by atoms with Gasteiger partial charge in [0.2, 0.25) is 23.6 Å². The number of amides is 4. The number of ketones is 1. The Balaban J connectivity index is 1.06. The third-order valence-corrected chi connectivity index (χ3v) is 10.9. The second kappa shape index (κ2) is 21.1. The first-order valence-corrected chi connectivity index (χ1v) is 20.2. The molecular formula is C41H48F2N4O13S. The Morgan fingerprint density at radius 2 is 1.64 bits per heavy atom.